The van der Waals surface area contributed by atoms with Gasteiger partial charge in [0.2, 0.25) is 5.88 Å². The van der Waals surface area contributed by atoms with E-state index >= 15 is 0 Å². The van der Waals surface area contributed by atoms with E-state index in [1.54, 1.807) is 12.1 Å². The predicted octanol–water partition coefficient (Wildman–Crippen LogP) is 6.24. The lowest BCUT2D eigenvalue weighted by Crippen LogP contribution is -2.46. The number of halogens is 3. The molecule has 0 bridgehead atoms. The van der Waals surface area contributed by atoms with Gasteiger partial charge in [0.15, 0.2) is 0 Å². The molecule has 13 heteroatoms. The van der Waals surface area contributed by atoms with E-state index in [-0.39, 0.29) is 24.1 Å². The van der Waals surface area contributed by atoms with Gasteiger partial charge in [-0.05, 0) is 88.3 Å². The first-order valence-electron chi connectivity index (χ1n) is 16.3. The number of hydrogen-bond acceptors (Lipinski definition) is 8. The minimum Gasteiger partial charge on any atom is -0.444 e. The molecule has 2 fully saturated rings. The van der Waals surface area contributed by atoms with Gasteiger partial charge in [0, 0.05) is 74.4 Å². The third kappa shape index (κ3) is 9.82. The smallest absolute Gasteiger partial charge is 0.444 e. The Balaban J connectivity index is 1.07. The largest absolute Gasteiger partial charge is 0.574 e. The van der Waals surface area contributed by atoms with E-state index in [1.165, 1.54) is 12.3 Å². The number of piperidine rings is 2. The molecule has 5 rings (SSSR count). The summed E-state index contributed by atoms with van der Waals surface area (Å²) in [5.41, 5.74) is 3.14. The molecular weight excluding hydrogens is 625 g/mol. The van der Waals surface area contributed by atoms with E-state index in [9.17, 15) is 22.8 Å². The molecule has 0 radical (unpaired) electrons. The first-order chi connectivity index (χ1) is 22.7. The number of hydrogen-bond donors (Lipinski definition) is 2. The highest BCUT2D eigenvalue weighted by atomic mass is 19.4. The van der Waals surface area contributed by atoms with Gasteiger partial charge in [-0.15, -0.1) is 13.2 Å². The Morgan fingerprint density at radius 1 is 0.875 bits per heavy atom. The van der Waals surface area contributed by atoms with Crippen molar-refractivity contribution >= 4 is 17.8 Å². The second-order valence-electron chi connectivity index (χ2n) is 13.4. The number of ether oxygens (including phenoxy) is 2. The number of benzene rings is 1. The second-order valence-corrected chi connectivity index (χ2v) is 13.4. The van der Waals surface area contributed by atoms with Crippen molar-refractivity contribution in [2.75, 3.05) is 31.1 Å². The zero-order chi connectivity index (χ0) is 34.5. The summed E-state index contributed by atoms with van der Waals surface area (Å²) in [5.74, 6) is 0.210. The van der Waals surface area contributed by atoms with Crippen LogP contribution >= 0.6 is 0 Å². The molecule has 258 valence electrons. The molecule has 3 aromatic rings. The molecule has 2 aliphatic heterocycles. The van der Waals surface area contributed by atoms with Crippen LogP contribution in [0.15, 0.2) is 54.9 Å². The number of carbonyl (C=O) groups is 2. The number of carbonyl (C=O) groups excluding carboxylic acids is 2. The normalized spacial score (nSPS) is 16.8. The Labute approximate surface area is 279 Å². The number of pyridine rings is 2. The molecule has 10 nitrogen and oxygen atoms in total. The van der Waals surface area contributed by atoms with Crippen LogP contribution in [0.5, 0.6) is 5.88 Å². The zero-order valence-electron chi connectivity index (χ0n) is 27.8. The number of rotatable bonds is 8. The Morgan fingerprint density at radius 2 is 1.56 bits per heavy atom. The molecule has 0 atom stereocenters. The molecule has 1 aromatic carbocycles. The molecule has 2 amide bonds. The molecule has 2 N–H and O–H groups in total. The summed E-state index contributed by atoms with van der Waals surface area (Å²) in [6.45, 7) is 11.4. The number of nitrogens with one attached hydrogen (secondary N) is 2. The van der Waals surface area contributed by atoms with Crippen LogP contribution < -0.4 is 20.3 Å². The fourth-order valence-electron chi connectivity index (χ4n) is 6.09. The van der Waals surface area contributed by atoms with E-state index in [4.69, 9.17) is 9.72 Å². The van der Waals surface area contributed by atoms with E-state index in [0.29, 0.717) is 16.7 Å². The predicted molar refractivity (Wildman–Crippen MR) is 176 cm³/mol. The van der Waals surface area contributed by atoms with E-state index in [0.717, 1.165) is 81.4 Å². The summed E-state index contributed by atoms with van der Waals surface area (Å²) in [6.07, 6.45) is 1.33. The van der Waals surface area contributed by atoms with Crippen LogP contribution in [0.2, 0.25) is 0 Å². The van der Waals surface area contributed by atoms with Crippen LogP contribution in [0.1, 0.15) is 67.9 Å². The third-order valence-electron chi connectivity index (χ3n) is 8.52. The van der Waals surface area contributed by atoms with Crippen molar-refractivity contribution in [3.8, 4) is 17.0 Å². The molecular formula is C35H43F3N6O4. The molecule has 0 aliphatic carbocycles. The first-order valence-corrected chi connectivity index (χ1v) is 16.3. The van der Waals surface area contributed by atoms with Gasteiger partial charge in [0.1, 0.15) is 11.4 Å². The average Bonchev–Trinajstić information content (AvgIpc) is 3.02. The Morgan fingerprint density at radius 3 is 2.17 bits per heavy atom. The van der Waals surface area contributed by atoms with Crippen molar-refractivity contribution in [1.82, 2.24) is 25.5 Å². The zero-order valence-corrected chi connectivity index (χ0v) is 27.8. The van der Waals surface area contributed by atoms with Crippen LogP contribution in [0.4, 0.5) is 23.8 Å². The molecule has 0 saturated carbocycles. The monoisotopic (exact) mass is 668 g/mol. The van der Waals surface area contributed by atoms with Gasteiger partial charge in [-0.2, -0.15) is 0 Å². The first kappa shape index (κ1) is 34.9. The quantitative estimate of drug-likeness (QED) is 0.291. The number of aromatic nitrogens is 2. The Bertz CT molecular complexity index is 1540. The summed E-state index contributed by atoms with van der Waals surface area (Å²) < 4.78 is 46.7. The Kier molecular flexibility index (Phi) is 10.8. The van der Waals surface area contributed by atoms with E-state index in [1.807, 2.05) is 40.0 Å². The van der Waals surface area contributed by atoms with Gasteiger partial charge in [-0.1, -0.05) is 18.2 Å². The summed E-state index contributed by atoms with van der Waals surface area (Å²) in [7, 11) is 0. The average molecular weight is 669 g/mol. The van der Waals surface area contributed by atoms with Gasteiger partial charge in [0.25, 0.3) is 5.91 Å². The van der Waals surface area contributed by atoms with Crippen molar-refractivity contribution in [2.45, 2.75) is 84.0 Å². The standard InChI is InChI=1S/C35H43F3N6O4/c1-23-28(25-9-11-31(40-21-25)47-35(36,37)38)6-5-7-29(23)32(45)41-26-12-16-43(17-13-26)22-24-8-10-30(39-20-24)44-18-14-27(15-19-44)42-33(46)48-34(2,3)4/h5-11,20-21,26-27H,12-19,22H2,1-4H3,(H,41,45)(H,42,46). The number of amides is 2. The van der Waals surface area contributed by atoms with Crippen molar-refractivity contribution in [1.29, 1.82) is 0 Å². The number of alkyl halides is 3. The van der Waals surface area contributed by atoms with E-state index < -0.39 is 17.8 Å². The molecule has 0 unspecified atom stereocenters. The lowest BCUT2D eigenvalue weighted by Gasteiger charge is -2.34. The van der Waals surface area contributed by atoms with Crippen molar-refractivity contribution < 1.29 is 32.2 Å². The van der Waals surface area contributed by atoms with Crippen LogP contribution in [-0.2, 0) is 11.3 Å². The number of likely N-dealkylation sites (tertiary alicyclic amines) is 1. The van der Waals surface area contributed by atoms with Gasteiger partial charge in [-0.25, -0.2) is 14.8 Å². The van der Waals surface area contributed by atoms with Gasteiger partial charge < -0.3 is 25.0 Å². The third-order valence-corrected chi connectivity index (χ3v) is 8.52. The summed E-state index contributed by atoms with van der Waals surface area (Å²) >= 11 is 0. The minimum atomic E-state index is -4.81. The highest BCUT2D eigenvalue weighted by Crippen LogP contribution is 2.28. The topological polar surface area (TPSA) is 109 Å². The van der Waals surface area contributed by atoms with Gasteiger partial charge >= 0.3 is 12.5 Å². The fraction of sp³-hybridized carbons (Fsp3) is 0.486. The van der Waals surface area contributed by atoms with Gasteiger partial charge in [-0.3, -0.25) is 9.69 Å². The van der Waals surface area contributed by atoms with Gasteiger partial charge in [0.05, 0.1) is 0 Å². The molecule has 48 heavy (non-hydrogen) atoms. The molecule has 2 aromatic heterocycles. The fourth-order valence-corrected chi connectivity index (χ4v) is 6.09. The highest BCUT2D eigenvalue weighted by Gasteiger charge is 2.32. The summed E-state index contributed by atoms with van der Waals surface area (Å²) in [4.78, 5) is 38.4. The van der Waals surface area contributed by atoms with Crippen molar-refractivity contribution in [2.24, 2.45) is 0 Å². The summed E-state index contributed by atoms with van der Waals surface area (Å²) in [5, 5.41) is 6.14. The van der Waals surface area contributed by atoms with Crippen molar-refractivity contribution in [3.05, 3.63) is 71.5 Å². The van der Waals surface area contributed by atoms with E-state index in [2.05, 4.69) is 42.3 Å². The maximum Gasteiger partial charge on any atom is 0.574 e. The number of nitrogens with zero attached hydrogens (tertiary/aromatic N) is 4. The maximum atomic E-state index is 13.3. The summed E-state index contributed by atoms with van der Waals surface area (Å²) in [6, 6.07) is 12.3. The number of anilines is 1. The SMILES string of the molecule is Cc1c(C(=O)NC2CCN(Cc3ccc(N4CCC(NC(=O)OC(C)(C)C)CC4)nc3)CC2)cccc1-c1ccc(OC(F)(F)F)nc1. The molecule has 0 spiro atoms. The van der Waals surface area contributed by atoms with Crippen LogP contribution in [0.25, 0.3) is 11.1 Å². The molecule has 2 aliphatic rings. The molecule has 4 heterocycles. The molecule has 2 saturated heterocycles. The second kappa shape index (κ2) is 14.8. The Hall–Kier alpha value is -4.39. The maximum absolute atomic E-state index is 13.3. The lowest BCUT2D eigenvalue weighted by atomic mass is 9.96. The van der Waals surface area contributed by atoms with Crippen molar-refractivity contribution in [3.63, 3.8) is 0 Å². The minimum absolute atomic E-state index is 0.0329. The van der Waals surface area contributed by atoms with Crippen LogP contribution in [-0.4, -0.2) is 77.1 Å². The lowest BCUT2D eigenvalue weighted by molar-refractivity contribution is -0.276. The van der Waals surface area contributed by atoms with Crippen LogP contribution in [0, 0.1) is 6.92 Å². The van der Waals surface area contributed by atoms with Crippen LogP contribution in [0.3, 0.4) is 0 Å². The highest BCUT2D eigenvalue weighted by molar-refractivity contribution is 5.97. The number of alkyl carbamates (subject to hydrolysis) is 1.